The number of hydrogen-bond acceptors (Lipinski definition) is 4. The second-order valence-corrected chi connectivity index (χ2v) is 4.03. The lowest BCUT2D eigenvalue weighted by Gasteiger charge is -2.14. The lowest BCUT2D eigenvalue weighted by molar-refractivity contribution is -0.142. The maximum atomic E-state index is 10.9. The van der Waals surface area contributed by atoms with E-state index in [1.165, 1.54) is 6.92 Å². The summed E-state index contributed by atoms with van der Waals surface area (Å²) < 4.78 is 7.09. The van der Waals surface area contributed by atoms with Crippen LogP contribution >= 0.6 is 0 Å². The Kier molecular flexibility index (Phi) is 4.30. The Morgan fingerprint density at radius 3 is 2.50 bits per heavy atom. The molecule has 18 heavy (non-hydrogen) atoms. The van der Waals surface area contributed by atoms with E-state index in [2.05, 4.69) is 10.4 Å². The summed E-state index contributed by atoms with van der Waals surface area (Å²) in [5, 5.41) is 15.4. The molecule has 0 aromatic carbocycles. The number of nitrogens with one attached hydrogen (secondary N) is 1. The summed E-state index contributed by atoms with van der Waals surface area (Å²) in [4.78, 5) is 21.8. The molecule has 7 heteroatoms. The van der Waals surface area contributed by atoms with Crippen molar-refractivity contribution < 1.29 is 19.4 Å². The number of aromatic nitrogens is 2. The van der Waals surface area contributed by atoms with E-state index in [4.69, 9.17) is 9.84 Å². The molecule has 1 heterocycles. The summed E-state index contributed by atoms with van der Waals surface area (Å²) in [6.07, 6.45) is 0. The van der Waals surface area contributed by atoms with Crippen molar-refractivity contribution in [1.29, 1.82) is 0 Å². The number of aryl methyl sites for hydroxylation is 2. The van der Waals surface area contributed by atoms with Crippen LogP contribution in [0.5, 0.6) is 5.75 Å². The molecule has 0 aliphatic carbocycles. The SMILES string of the molecule is CC(=O)NC(COc1c(C)nn(C)c1C)C(=O)O. The van der Waals surface area contributed by atoms with Gasteiger partial charge >= 0.3 is 5.97 Å². The number of carbonyl (C=O) groups is 2. The second kappa shape index (κ2) is 5.52. The maximum Gasteiger partial charge on any atom is 0.329 e. The zero-order valence-electron chi connectivity index (χ0n) is 10.9. The van der Waals surface area contributed by atoms with Crippen molar-refractivity contribution in [2.45, 2.75) is 26.8 Å². The summed E-state index contributed by atoms with van der Waals surface area (Å²) in [7, 11) is 1.78. The Hall–Kier alpha value is -2.05. The molecule has 0 saturated heterocycles. The van der Waals surface area contributed by atoms with Crippen LogP contribution < -0.4 is 10.1 Å². The number of ether oxygens (including phenoxy) is 1. The molecule has 7 nitrogen and oxygen atoms in total. The minimum Gasteiger partial charge on any atom is -0.487 e. The summed E-state index contributed by atoms with van der Waals surface area (Å²) in [5.74, 6) is -0.996. The van der Waals surface area contributed by atoms with Gasteiger partial charge in [0.2, 0.25) is 5.91 Å². The molecule has 0 spiro atoms. The first kappa shape index (κ1) is 14.0. The first-order valence-corrected chi connectivity index (χ1v) is 5.45. The molecule has 0 aliphatic heterocycles. The Morgan fingerprint density at radius 1 is 1.50 bits per heavy atom. The van der Waals surface area contributed by atoms with Crippen LogP contribution in [0.3, 0.4) is 0 Å². The van der Waals surface area contributed by atoms with Gasteiger partial charge in [-0.3, -0.25) is 9.48 Å². The van der Waals surface area contributed by atoms with E-state index >= 15 is 0 Å². The lowest BCUT2D eigenvalue weighted by atomic mass is 10.3. The standard InChI is InChI=1S/C11H17N3O4/c1-6-10(7(2)14(4)13-6)18-5-9(11(16)17)12-8(3)15/h9H,5H2,1-4H3,(H,12,15)(H,16,17). The van der Waals surface area contributed by atoms with E-state index in [9.17, 15) is 9.59 Å². The topological polar surface area (TPSA) is 93.5 Å². The highest BCUT2D eigenvalue weighted by Gasteiger charge is 2.21. The number of hydrogen-bond donors (Lipinski definition) is 2. The number of nitrogens with zero attached hydrogens (tertiary/aromatic N) is 2. The van der Waals surface area contributed by atoms with Crippen molar-refractivity contribution in [3.63, 3.8) is 0 Å². The van der Waals surface area contributed by atoms with E-state index in [0.29, 0.717) is 11.4 Å². The molecule has 0 aliphatic rings. The molecule has 1 aromatic rings. The number of rotatable bonds is 5. The summed E-state index contributed by atoms with van der Waals surface area (Å²) in [6.45, 7) is 4.72. The van der Waals surface area contributed by atoms with Crippen LogP contribution in [0, 0.1) is 13.8 Å². The van der Waals surface area contributed by atoms with Crippen molar-refractivity contribution in [1.82, 2.24) is 15.1 Å². The van der Waals surface area contributed by atoms with Gasteiger partial charge in [-0.15, -0.1) is 0 Å². The van der Waals surface area contributed by atoms with Gasteiger partial charge in [-0.2, -0.15) is 5.10 Å². The fourth-order valence-electron chi connectivity index (χ4n) is 1.55. The average Bonchev–Trinajstić information content (AvgIpc) is 2.48. The molecule has 0 bridgehead atoms. The van der Waals surface area contributed by atoms with Gasteiger partial charge in [-0.1, -0.05) is 0 Å². The van der Waals surface area contributed by atoms with Gasteiger partial charge in [-0.05, 0) is 13.8 Å². The van der Waals surface area contributed by atoms with Gasteiger partial charge < -0.3 is 15.2 Å². The highest BCUT2D eigenvalue weighted by molar-refractivity contribution is 5.82. The van der Waals surface area contributed by atoms with Crippen molar-refractivity contribution in [3.8, 4) is 5.75 Å². The quantitative estimate of drug-likeness (QED) is 0.772. The molecule has 0 saturated carbocycles. The van der Waals surface area contributed by atoms with E-state index in [1.54, 1.807) is 18.7 Å². The largest absolute Gasteiger partial charge is 0.487 e. The zero-order chi connectivity index (χ0) is 13.9. The van der Waals surface area contributed by atoms with Crippen molar-refractivity contribution >= 4 is 11.9 Å². The van der Waals surface area contributed by atoms with Gasteiger partial charge in [0.15, 0.2) is 11.8 Å². The van der Waals surface area contributed by atoms with Gasteiger partial charge in [-0.25, -0.2) is 4.79 Å². The van der Waals surface area contributed by atoms with Crippen molar-refractivity contribution in [2.75, 3.05) is 6.61 Å². The fourth-order valence-corrected chi connectivity index (χ4v) is 1.55. The Morgan fingerprint density at radius 2 is 2.11 bits per heavy atom. The Balaban J connectivity index is 2.73. The van der Waals surface area contributed by atoms with Crippen LogP contribution in [-0.2, 0) is 16.6 Å². The number of carboxylic acid groups (broad SMARTS) is 1. The molecule has 100 valence electrons. The van der Waals surface area contributed by atoms with Gasteiger partial charge in [0.05, 0.1) is 5.69 Å². The third-order valence-electron chi connectivity index (χ3n) is 2.51. The van der Waals surface area contributed by atoms with Gasteiger partial charge in [0.25, 0.3) is 0 Å². The first-order chi connectivity index (χ1) is 8.32. The molecule has 0 radical (unpaired) electrons. The predicted octanol–water partition coefficient (Wildman–Crippen LogP) is 0.00504. The fraction of sp³-hybridized carbons (Fsp3) is 0.545. The van der Waals surface area contributed by atoms with Crippen LogP contribution in [0.2, 0.25) is 0 Å². The van der Waals surface area contributed by atoms with Crippen LogP contribution in [-0.4, -0.2) is 39.4 Å². The molecule has 2 N–H and O–H groups in total. The van der Waals surface area contributed by atoms with E-state index in [1.807, 2.05) is 6.92 Å². The number of aliphatic carboxylic acids is 1. The van der Waals surface area contributed by atoms with Crippen LogP contribution in [0.15, 0.2) is 0 Å². The Labute approximate surface area is 105 Å². The minimum atomic E-state index is -1.13. The lowest BCUT2D eigenvalue weighted by Crippen LogP contribution is -2.43. The summed E-state index contributed by atoms with van der Waals surface area (Å²) >= 11 is 0. The molecular weight excluding hydrogens is 238 g/mol. The summed E-state index contributed by atoms with van der Waals surface area (Å²) in [5.41, 5.74) is 1.49. The van der Waals surface area contributed by atoms with Crippen molar-refractivity contribution in [3.05, 3.63) is 11.4 Å². The monoisotopic (exact) mass is 255 g/mol. The molecule has 1 aromatic heterocycles. The zero-order valence-corrected chi connectivity index (χ0v) is 10.9. The van der Waals surface area contributed by atoms with E-state index < -0.39 is 17.9 Å². The smallest absolute Gasteiger partial charge is 0.329 e. The number of carboxylic acids is 1. The molecular formula is C11H17N3O4. The maximum absolute atomic E-state index is 10.9. The highest BCUT2D eigenvalue weighted by Crippen LogP contribution is 2.21. The third kappa shape index (κ3) is 3.22. The second-order valence-electron chi connectivity index (χ2n) is 4.03. The highest BCUT2D eigenvalue weighted by atomic mass is 16.5. The van der Waals surface area contributed by atoms with Crippen LogP contribution in [0.1, 0.15) is 18.3 Å². The van der Waals surface area contributed by atoms with Crippen LogP contribution in [0.4, 0.5) is 0 Å². The van der Waals surface area contributed by atoms with Gasteiger partial charge in [0, 0.05) is 14.0 Å². The molecule has 1 atom stereocenters. The minimum absolute atomic E-state index is 0.137. The molecule has 1 unspecified atom stereocenters. The third-order valence-corrected chi connectivity index (χ3v) is 2.51. The molecule has 1 amide bonds. The van der Waals surface area contributed by atoms with Gasteiger partial charge in [0.1, 0.15) is 12.3 Å². The van der Waals surface area contributed by atoms with Crippen LogP contribution in [0.25, 0.3) is 0 Å². The first-order valence-electron chi connectivity index (χ1n) is 5.45. The van der Waals surface area contributed by atoms with E-state index in [0.717, 1.165) is 5.69 Å². The average molecular weight is 255 g/mol. The van der Waals surface area contributed by atoms with E-state index in [-0.39, 0.29) is 6.61 Å². The van der Waals surface area contributed by atoms with Crippen molar-refractivity contribution in [2.24, 2.45) is 7.05 Å². The molecule has 0 fully saturated rings. The molecule has 1 rings (SSSR count). The normalized spacial score (nSPS) is 12.0. The predicted molar refractivity (Wildman–Crippen MR) is 63.4 cm³/mol. The Bertz CT molecular complexity index is 467. The number of amides is 1. The number of carbonyl (C=O) groups excluding carboxylic acids is 1. The summed E-state index contributed by atoms with van der Waals surface area (Å²) in [6, 6.07) is -1.07.